The van der Waals surface area contributed by atoms with Gasteiger partial charge < -0.3 is 34.4 Å². The summed E-state index contributed by atoms with van der Waals surface area (Å²) < 4.78 is 18.4. The van der Waals surface area contributed by atoms with Gasteiger partial charge in [-0.1, -0.05) is 82.1 Å². The van der Waals surface area contributed by atoms with Gasteiger partial charge in [0.05, 0.1) is 41.3 Å². The van der Waals surface area contributed by atoms with Crippen LogP contribution in [0.3, 0.4) is 0 Å². The number of carbonyl (C=O) groups is 4. The fourth-order valence-corrected chi connectivity index (χ4v) is 8.72. The molecular weight excluding hydrogens is 730 g/mol. The van der Waals surface area contributed by atoms with Crippen LogP contribution in [0.1, 0.15) is 37.4 Å². The summed E-state index contributed by atoms with van der Waals surface area (Å²) >= 11 is 10.3. The largest absolute Gasteiger partial charge is 0.455 e. The van der Waals surface area contributed by atoms with Gasteiger partial charge in [-0.15, -0.1) is 13.2 Å². The molecule has 3 saturated heterocycles. The molecule has 0 aliphatic carbocycles. The van der Waals surface area contributed by atoms with Gasteiger partial charge in [0, 0.05) is 38.1 Å². The third-order valence-electron chi connectivity index (χ3n) is 9.58. The molecule has 2 bridgehead atoms. The van der Waals surface area contributed by atoms with Crippen LogP contribution >= 0.6 is 27.5 Å². The number of aliphatic hydroxyl groups excluding tert-OH is 1. The molecule has 11 nitrogen and oxygen atoms in total. The zero-order valence-corrected chi connectivity index (χ0v) is 30.3. The van der Waals surface area contributed by atoms with Crippen molar-refractivity contribution in [2.24, 2.45) is 11.8 Å². The van der Waals surface area contributed by atoms with Crippen LogP contribution in [-0.2, 0) is 33.4 Å². The minimum Gasteiger partial charge on any atom is -0.455 e. The molecule has 0 aromatic heterocycles. The summed E-state index contributed by atoms with van der Waals surface area (Å²) in [5.74, 6) is -3.95. The maximum absolute atomic E-state index is 14.7. The Morgan fingerprint density at radius 3 is 2.56 bits per heavy atom. The zero-order chi connectivity index (χ0) is 36.0. The minimum atomic E-state index is -1.38. The van der Waals surface area contributed by atoms with E-state index in [0.717, 1.165) is 0 Å². The number of benzene rings is 2. The summed E-state index contributed by atoms with van der Waals surface area (Å²) in [6, 6.07) is 14.0. The molecule has 50 heavy (non-hydrogen) atoms. The van der Waals surface area contributed by atoms with E-state index >= 15 is 0 Å². The van der Waals surface area contributed by atoms with E-state index < -0.39 is 59.5 Å². The molecule has 2 aromatic rings. The van der Waals surface area contributed by atoms with Gasteiger partial charge in [0.1, 0.15) is 17.7 Å². The number of anilines is 1. The number of aliphatic hydroxyl groups is 1. The highest BCUT2D eigenvalue weighted by Crippen LogP contribution is 2.60. The summed E-state index contributed by atoms with van der Waals surface area (Å²) in [6.07, 6.45) is 2.62. The number of halogens is 2. The topological polar surface area (TPSA) is 135 Å². The van der Waals surface area contributed by atoms with Crippen molar-refractivity contribution in [2.45, 2.75) is 60.4 Å². The highest BCUT2D eigenvalue weighted by molar-refractivity contribution is 9.09. The van der Waals surface area contributed by atoms with E-state index in [9.17, 15) is 24.3 Å². The molecule has 3 amide bonds. The van der Waals surface area contributed by atoms with Crippen LogP contribution in [0.5, 0.6) is 0 Å². The molecule has 1 unspecified atom stereocenters. The van der Waals surface area contributed by atoms with Crippen molar-refractivity contribution in [3.8, 4) is 0 Å². The number of hydrogen-bond donors (Lipinski definition) is 2. The standard InChI is InChI=1S/C37H43BrClN3O8/c1-4-6-17-28(44)40-26(22-48-3)31(23-13-8-7-9-14-23)49-36(47)29-30-34(45)42(19-12-20-43)33(37(30)21-24(38)32(29)50-37)35(46)41(18-5-2)27-16-11-10-15-25(27)39/h4-5,7-11,13-16,24,26,29-33,43H,1-2,6,12,17-22H2,3H3,(H,40,44)/t24?,26-,29-,30+,31-,32-,33-,37+/m0/s1. The lowest BCUT2D eigenvalue weighted by atomic mass is 9.70. The molecular formula is C37H43BrClN3O8. The maximum atomic E-state index is 14.7. The number of amides is 3. The lowest BCUT2D eigenvalue weighted by Gasteiger charge is -2.37. The lowest BCUT2D eigenvalue weighted by Crippen LogP contribution is -2.57. The average Bonchev–Trinajstić information content (AvgIpc) is 3.70. The van der Waals surface area contributed by atoms with Crippen LogP contribution in [0.25, 0.3) is 0 Å². The maximum Gasteiger partial charge on any atom is 0.313 e. The molecule has 3 heterocycles. The van der Waals surface area contributed by atoms with E-state index in [-0.39, 0.29) is 56.3 Å². The number of allylic oxidation sites excluding steroid dienone is 1. The summed E-state index contributed by atoms with van der Waals surface area (Å²) in [5, 5.41) is 13.0. The molecule has 2 aromatic carbocycles. The minimum absolute atomic E-state index is 0.0390. The van der Waals surface area contributed by atoms with Gasteiger partial charge in [-0.25, -0.2) is 0 Å². The van der Waals surface area contributed by atoms with Crippen LogP contribution in [0.4, 0.5) is 5.69 Å². The van der Waals surface area contributed by atoms with Crippen molar-refractivity contribution in [1.29, 1.82) is 0 Å². The fraction of sp³-hybridized carbons (Fsp3) is 0.459. The van der Waals surface area contributed by atoms with Gasteiger partial charge in [-0.3, -0.25) is 19.2 Å². The molecule has 0 radical (unpaired) electrons. The Morgan fingerprint density at radius 2 is 1.90 bits per heavy atom. The Kier molecular flexibility index (Phi) is 12.6. The summed E-state index contributed by atoms with van der Waals surface area (Å²) in [7, 11) is 1.49. The Labute approximate surface area is 305 Å². The van der Waals surface area contributed by atoms with E-state index in [1.54, 1.807) is 60.7 Å². The molecule has 0 saturated carbocycles. The number of fused-ring (bicyclic) bond motifs is 1. The SMILES string of the molecule is C=CCCC(=O)N[C@@H](COC)[C@@H](OC(=O)[C@@H]1[C@H]2O[C@@]3(CC2Br)[C@H](C(=O)N(CC=C)c2ccccc2Cl)N(CCCO)C(=O)[C@@H]13)c1ccccc1. The second-order valence-corrected chi connectivity index (χ2v) is 14.3. The first-order chi connectivity index (χ1) is 24.1. The van der Waals surface area contributed by atoms with Gasteiger partial charge in [0.25, 0.3) is 5.91 Å². The van der Waals surface area contributed by atoms with Gasteiger partial charge in [0.15, 0.2) is 0 Å². The zero-order valence-electron chi connectivity index (χ0n) is 27.9. The van der Waals surface area contributed by atoms with Crippen molar-refractivity contribution in [3.63, 3.8) is 0 Å². The number of hydrogen-bond acceptors (Lipinski definition) is 8. The number of carbonyl (C=O) groups excluding carboxylic acids is 4. The average molecular weight is 773 g/mol. The second kappa shape index (κ2) is 16.6. The summed E-state index contributed by atoms with van der Waals surface area (Å²) in [5.41, 5.74) is -0.312. The number of esters is 1. The van der Waals surface area contributed by atoms with Crippen molar-refractivity contribution in [2.75, 3.05) is 38.3 Å². The first-order valence-electron chi connectivity index (χ1n) is 16.7. The predicted octanol–water partition coefficient (Wildman–Crippen LogP) is 4.37. The monoisotopic (exact) mass is 771 g/mol. The summed E-state index contributed by atoms with van der Waals surface area (Å²) in [4.78, 5) is 59.0. The number of methoxy groups -OCH3 is 1. The lowest BCUT2D eigenvalue weighted by molar-refractivity contribution is -0.163. The molecule has 5 rings (SSSR count). The molecule has 2 N–H and O–H groups in total. The predicted molar refractivity (Wildman–Crippen MR) is 192 cm³/mol. The third kappa shape index (κ3) is 7.27. The van der Waals surface area contributed by atoms with Gasteiger partial charge >= 0.3 is 5.97 Å². The van der Waals surface area contributed by atoms with Gasteiger partial charge in [-0.05, 0) is 37.0 Å². The number of nitrogens with zero attached hydrogens (tertiary/aromatic N) is 2. The molecule has 8 atom stereocenters. The quantitative estimate of drug-likeness (QED) is 0.138. The van der Waals surface area contributed by atoms with Crippen LogP contribution in [-0.4, -0.2) is 95.7 Å². The van der Waals surface area contributed by atoms with Crippen LogP contribution < -0.4 is 10.2 Å². The molecule has 13 heteroatoms. The van der Waals surface area contributed by atoms with Crippen LogP contribution in [0, 0.1) is 11.8 Å². The van der Waals surface area contributed by atoms with Crippen molar-refractivity contribution in [1.82, 2.24) is 10.2 Å². The van der Waals surface area contributed by atoms with Crippen molar-refractivity contribution >= 4 is 56.9 Å². The number of rotatable bonds is 17. The van der Waals surface area contributed by atoms with E-state index in [1.165, 1.54) is 16.9 Å². The third-order valence-corrected chi connectivity index (χ3v) is 10.7. The Hall–Kier alpha value is -3.55. The number of likely N-dealkylation sites (tertiary alicyclic amines) is 1. The first kappa shape index (κ1) is 37.7. The van der Waals surface area contributed by atoms with E-state index in [1.807, 2.05) is 6.07 Å². The van der Waals surface area contributed by atoms with Crippen molar-refractivity contribution < 1.29 is 38.5 Å². The Bertz CT molecular complexity index is 1580. The van der Waals surface area contributed by atoms with Gasteiger partial charge in [-0.2, -0.15) is 0 Å². The van der Waals surface area contributed by atoms with Gasteiger partial charge in [0.2, 0.25) is 11.8 Å². The number of ether oxygens (including phenoxy) is 3. The molecule has 3 fully saturated rings. The van der Waals surface area contributed by atoms with E-state index in [0.29, 0.717) is 22.7 Å². The first-order valence-corrected chi connectivity index (χ1v) is 18.0. The van der Waals surface area contributed by atoms with Crippen LogP contribution in [0.2, 0.25) is 5.02 Å². The Balaban J connectivity index is 1.52. The molecule has 3 aliphatic heterocycles. The fourth-order valence-electron chi connectivity index (χ4n) is 7.54. The van der Waals surface area contributed by atoms with E-state index in [4.69, 9.17) is 25.8 Å². The molecule has 3 aliphatic rings. The molecule has 1 spiro atoms. The number of para-hydroxylation sites is 1. The van der Waals surface area contributed by atoms with Crippen LogP contribution in [0.15, 0.2) is 79.9 Å². The normalized spacial score (nSPS) is 26.2. The van der Waals surface area contributed by atoms with Crippen molar-refractivity contribution in [3.05, 3.63) is 90.5 Å². The Morgan fingerprint density at radius 1 is 1.18 bits per heavy atom. The molecule has 268 valence electrons. The highest BCUT2D eigenvalue weighted by Gasteiger charge is 2.77. The smallest absolute Gasteiger partial charge is 0.313 e. The summed E-state index contributed by atoms with van der Waals surface area (Å²) in [6.45, 7) is 7.51. The number of nitrogens with one attached hydrogen (secondary N) is 1. The van der Waals surface area contributed by atoms with E-state index in [2.05, 4.69) is 34.4 Å². The highest BCUT2D eigenvalue weighted by atomic mass is 79.9. The number of alkyl halides is 1. The second-order valence-electron chi connectivity index (χ2n) is 12.7.